The first-order chi connectivity index (χ1) is 9.45. The number of aliphatic carboxylic acids is 1. The van der Waals surface area contributed by atoms with E-state index >= 15 is 0 Å². The van der Waals surface area contributed by atoms with Crippen molar-refractivity contribution in [3.05, 3.63) is 24.3 Å². The number of rotatable bonds is 6. The molecule has 0 saturated carbocycles. The van der Waals surface area contributed by atoms with Crippen LogP contribution in [0.25, 0.3) is 0 Å². The summed E-state index contributed by atoms with van der Waals surface area (Å²) >= 11 is 0. The van der Waals surface area contributed by atoms with Gasteiger partial charge in [0.05, 0.1) is 0 Å². The van der Waals surface area contributed by atoms with Gasteiger partial charge in [0.2, 0.25) is 0 Å². The van der Waals surface area contributed by atoms with Crippen LogP contribution in [-0.2, 0) is 9.53 Å². The zero-order chi connectivity index (χ0) is 15.1. The van der Waals surface area contributed by atoms with Gasteiger partial charge in [0.25, 0.3) is 0 Å². The molecule has 0 aliphatic heterocycles. The van der Waals surface area contributed by atoms with E-state index in [0.717, 1.165) is 0 Å². The number of ether oxygens (including phenoxy) is 1. The molecule has 0 radical (unpaired) electrons. The fourth-order valence-corrected chi connectivity index (χ4v) is 1.56. The zero-order valence-electron chi connectivity index (χ0n) is 11.4. The standard InChI is InChI=1S/C13H18N2O5/c1-15(9-4-3-5-10(16)8-9)13(19)14-11(12(17)18)6-7-20-2/h3-5,8,11,16H,6-7H2,1-2H3,(H,14,19)(H,17,18). The molecule has 20 heavy (non-hydrogen) atoms. The highest BCUT2D eigenvalue weighted by Crippen LogP contribution is 2.18. The largest absolute Gasteiger partial charge is 0.508 e. The second-order valence-electron chi connectivity index (χ2n) is 4.20. The molecule has 0 spiro atoms. The molecule has 0 aromatic heterocycles. The Bertz CT molecular complexity index is 478. The van der Waals surface area contributed by atoms with E-state index < -0.39 is 18.0 Å². The van der Waals surface area contributed by atoms with Gasteiger partial charge in [-0.2, -0.15) is 0 Å². The lowest BCUT2D eigenvalue weighted by Crippen LogP contribution is -2.47. The van der Waals surface area contributed by atoms with E-state index in [1.807, 2.05) is 0 Å². The quantitative estimate of drug-likeness (QED) is 0.723. The predicted molar refractivity (Wildman–Crippen MR) is 73.0 cm³/mol. The number of nitrogens with zero attached hydrogens (tertiary/aromatic N) is 1. The Morgan fingerprint density at radius 3 is 2.70 bits per heavy atom. The lowest BCUT2D eigenvalue weighted by molar-refractivity contribution is -0.139. The van der Waals surface area contributed by atoms with E-state index in [2.05, 4.69) is 5.32 Å². The third-order valence-corrected chi connectivity index (χ3v) is 2.73. The number of urea groups is 1. The summed E-state index contributed by atoms with van der Waals surface area (Å²) in [5.74, 6) is -1.10. The molecule has 2 amide bonds. The van der Waals surface area contributed by atoms with Crippen LogP contribution in [0, 0.1) is 0 Å². The second-order valence-corrected chi connectivity index (χ2v) is 4.20. The van der Waals surface area contributed by atoms with Gasteiger partial charge in [0, 0.05) is 38.9 Å². The highest BCUT2D eigenvalue weighted by Gasteiger charge is 2.22. The number of anilines is 1. The molecule has 7 nitrogen and oxygen atoms in total. The predicted octanol–water partition coefficient (Wildman–Crippen LogP) is 1.03. The SMILES string of the molecule is COCCC(NC(=O)N(C)c1cccc(O)c1)C(=O)O. The number of carbonyl (C=O) groups excluding carboxylic acids is 1. The van der Waals surface area contributed by atoms with Crippen molar-refractivity contribution in [1.82, 2.24) is 5.32 Å². The maximum absolute atomic E-state index is 12.0. The van der Waals surface area contributed by atoms with Crippen LogP contribution in [0.1, 0.15) is 6.42 Å². The average molecular weight is 282 g/mol. The Balaban J connectivity index is 2.70. The minimum Gasteiger partial charge on any atom is -0.508 e. The Morgan fingerprint density at radius 2 is 2.15 bits per heavy atom. The summed E-state index contributed by atoms with van der Waals surface area (Å²) in [5, 5.41) is 20.8. The van der Waals surface area contributed by atoms with Crippen LogP contribution in [0.5, 0.6) is 5.75 Å². The second kappa shape index (κ2) is 7.34. The van der Waals surface area contributed by atoms with E-state index in [1.165, 1.54) is 31.2 Å². The summed E-state index contributed by atoms with van der Waals surface area (Å²) < 4.78 is 4.80. The van der Waals surface area contributed by atoms with Gasteiger partial charge in [-0.3, -0.25) is 4.90 Å². The number of nitrogens with one attached hydrogen (secondary N) is 1. The summed E-state index contributed by atoms with van der Waals surface area (Å²) in [6, 6.07) is 4.51. The molecule has 3 N–H and O–H groups in total. The van der Waals surface area contributed by atoms with Crippen molar-refractivity contribution in [3.8, 4) is 5.75 Å². The highest BCUT2D eigenvalue weighted by atomic mass is 16.5. The molecule has 0 aliphatic carbocycles. The van der Waals surface area contributed by atoms with Crippen LogP contribution in [0.4, 0.5) is 10.5 Å². The van der Waals surface area contributed by atoms with Gasteiger partial charge in [-0.05, 0) is 12.1 Å². The molecule has 1 unspecified atom stereocenters. The van der Waals surface area contributed by atoms with Gasteiger partial charge in [-0.15, -0.1) is 0 Å². The maximum atomic E-state index is 12.0. The van der Waals surface area contributed by atoms with Crippen molar-refractivity contribution in [2.45, 2.75) is 12.5 Å². The lowest BCUT2D eigenvalue weighted by Gasteiger charge is -2.21. The fraction of sp³-hybridized carbons (Fsp3) is 0.385. The molecule has 1 aromatic rings. The van der Waals surface area contributed by atoms with Gasteiger partial charge < -0.3 is 20.3 Å². The van der Waals surface area contributed by atoms with Crippen LogP contribution >= 0.6 is 0 Å². The van der Waals surface area contributed by atoms with Gasteiger partial charge in [-0.1, -0.05) is 6.07 Å². The zero-order valence-corrected chi connectivity index (χ0v) is 11.4. The number of aromatic hydroxyl groups is 1. The fourth-order valence-electron chi connectivity index (χ4n) is 1.56. The van der Waals surface area contributed by atoms with Crippen LogP contribution in [0.3, 0.4) is 0 Å². The average Bonchev–Trinajstić information content (AvgIpc) is 2.42. The molecule has 1 atom stereocenters. The van der Waals surface area contributed by atoms with Crippen LogP contribution < -0.4 is 10.2 Å². The van der Waals surface area contributed by atoms with Crippen LogP contribution in [0.2, 0.25) is 0 Å². The Labute approximate surface area is 116 Å². The number of benzene rings is 1. The molecule has 110 valence electrons. The molecular weight excluding hydrogens is 264 g/mol. The van der Waals surface area contributed by atoms with E-state index in [4.69, 9.17) is 9.84 Å². The number of carboxylic acids is 1. The van der Waals surface area contributed by atoms with E-state index in [9.17, 15) is 14.7 Å². The Morgan fingerprint density at radius 1 is 1.45 bits per heavy atom. The topological polar surface area (TPSA) is 99.1 Å². The van der Waals surface area contributed by atoms with E-state index in [-0.39, 0.29) is 18.8 Å². The summed E-state index contributed by atoms with van der Waals surface area (Å²) in [6.45, 7) is 0.229. The number of amides is 2. The number of methoxy groups -OCH3 is 1. The Hall–Kier alpha value is -2.28. The van der Waals surface area contributed by atoms with Gasteiger partial charge >= 0.3 is 12.0 Å². The summed E-state index contributed by atoms with van der Waals surface area (Å²) in [4.78, 5) is 24.2. The first-order valence-corrected chi connectivity index (χ1v) is 6.00. The van der Waals surface area contributed by atoms with Crippen molar-refractivity contribution in [1.29, 1.82) is 0 Å². The number of carboxylic acid groups (broad SMARTS) is 1. The highest BCUT2D eigenvalue weighted by molar-refractivity contribution is 5.94. The minimum absolute atomic E-state index is 0.0244. The molecule has 7 heteroatoms. The number of phenols is 1. The van der Waals surface area contributed by atoms with E-state index in [0.29, 0.717) is 5.69 Å². The molecule has 1 aromatic carbocycles. The summed E-state index contributed by atoms with van der Waals surface area (Å²) in [5.41, 5.74) is 0.457. The van der Waals surface area contributed by atoms with Gasteiger partial charge in [-0.25, -0.2) is 9.59 Å². The van der Waals surface area contributed by atoms with Gasteiger partial charge in [0.15, 0.2) is 0 Å². The molecule has 0 fully saturated rings. The van der Waals surface area contributed by atoms with Crippen LogP contribution in [0.15, 0.2) is 24.3 Å². The third kappa shape index (κ3) is 4.43. The third-order valence-electron chi connectivity index (χ3n) is 2.73. The summed E-state index contributed by atoms with van der Waals surface area (Å²) in [7, 11) is 2.94. The first kappa shape index (κ1) is 15.8. The summed E-state index contributed by atoms with van der Waals surface area (Å²) in [6.07, 6.45) is 0.172. The number of phenolic OH excluding ortho intramolecular Hbond substituents is 1. The molecule has 0 bridgehead atoms. The van der Waals surface area contributed by atoms with Crippen molar-refractivity contribution < 1.29 is 24.5 Å². The number of hydrogen-bond donors (Lipinski definition) is 3. The smallest absolute Gasteiger partial charge is 0.326 e. The molecule has 0 heterocycles. The van der Waals surface area contributed by atoms with Crippen molar-refractivity contribution in [3.63, 3.8) is 0 Å². The minimum atomic E-state index is -1.13. The molecule has 1 rings (SSSR count). The number of carbonyl (C=O) groups is 2. The van der Waals surface area contributed by atoms with Crippen LogP contribution in [-0.4, -0.2) is 49.0 Å². The molecular formula is C13H18N2O5. The monoisotopic (exact) mass is 282 g/mol. The normalized spacial score (nSPS) is 11.7. The van der Waals surface area contributed by atoms with Crippen molar-refractivity contribution >= 4 is 17.7 Å². The number of hydrogen-bond acceptors (Lipinski definition) is 4. The van der Waals surface area contributed by atoms with Crippen molar-refractivity contribution in [2.75, 3.05) is 25.7 Å². The van der Waals surface area contributed by atoms with E-state index in [1.54, 1.807) is 12.1 Å². The molecule has 0 saturated heterocycles. The van der Waals surface area contributed by atoms with Gasteiger partial charge in [0.1, 0.15) is 11.8 Å². The van der Waals surface area contributed by atoms with Crippen molar-refractivity contribution in [2.24, 2.45) is 0 Å². The lowest BCUT2D eigenvalue weighted by atomic mass is 10.2. The first-order valence-electron chi connectivity index (χ1n) is 6.00. The molecule has 0 aliphatic rings. The Kier molecular flexibility index (Phi) is 5.79. The maximum Gasteiger partial charge on any atom is 0.326 e.